The maximum absolute atomic E-state index is 13.1. The molecule has 1 fully saturated rings. The van der Waals surface area contributed by atoms with E-state index in [0.29, 0.717) is 37.9 Å². The maximum atomic E-state index is 13.1. The third-order valence-electron chi connectivity index (χ3n) is 6.24. The second kappa shape index (κ2) is 9.63. The Bertz CT molecular complexity index is 1300. The van der Waals surface area contributed by atoms with Crippen LogP contribution < -0.4 is 20.9 Å². The lowest BCUT2D eigenvalue weighted by Gasteiger charge is -2.28. The predicted molar refractivity (Wildman–Crippen MR) is 130 cm³/mol. The monoisotopic (exact) mass is 471 g/mol. The van der Waals surface area contributed by atoms with Gasteiger partial charge < -0.3 is 24.0 Å². The fourth-order valence-electron chi connectivity index (χ4n) is 4.31. The minimum Gasteiger partial charge on any atom is -0.491 e. The number of rotatable bonds is 7. The number of morpholine rings is 1. The van der Waals surface area contributed by atoms with Crippen molar-refractivity contribution in [2.24, 2.45) is 14.1 Å². The van der Waals surface area contributed by atoms with Gasteiger partial charge in [0, 0.05) is 27.2 Å². The van der Waals surface area contributed by atoms with Crippen LogP contribution in [0.15, 0.2) is 27.8 Å². The lowest BCUT2D eigenvalue weighted by molar-refractivity contribution is 0.0921. The van der Waals surface area contributed by atoms with Crippen LogP contribution in [0.1, 0.15) is 30.9 Å². The fourth-order valence-corrected chi connectivity index (χ4v) is 4.31. The van der Waals surface area contributed by atoms with Crippen LogP contribution in [-0.2, 0) is 25.4 Å². The zero-order valence-electron chi connectivity index (χ0n) is 20.4. The Hall–Kier alpha value is -3.11. The molecule has 1 aliphatic rings. The Morgan fingerprint density at radius 1 is 1.15 bits per heavy atom. The molecule has 34 heavy (non-hydrogen) atoms. The summed E-state index contributed by atoms with van der Waals surface area (Å²) in [5.74, 6) is 1.56. The summed E-state index contributed by atoms with van der Waals surface area (Å²) in [6.07, 6.45) is -0.903. The van der Waals surface area contributed by atoms with Crippen molar-refractivity contribution in [2.45, 2.75) is 39.3 Å². The number of aliphatic hydroxyl groups excluding tert-OH is 1. The molecule has 1 N–H and O–H groups in total. The van der Waals surface area contributed by atoms with Crippen LogP contribution in [0.2, 0.25) is 0 Å². The summed E-state index contributed by atoms with van der Waals surface area (Å²) < 4.78 is 15.6. The van der Waals surface area contributed by atoms with Gasteiger partial charge >= 0.3 is 5.69 Å². The molecule has 10 nitrogen and oxygen atoms in total. The van der Waals surface area contributed by atoms with Gasteiger partial charge in [0.25, 0.3) is 5.56 Å². The van der Waals surface area contributed by atoms with E-state index in [2.05, 4.69) is 18.8 Å². The Kier molecular flexibility index (Phi) is 6.81. The molecule has 1 aliphatic heterocycles. The number of hydrogen-bond donors (Lipinski definition) is 1. The molecular weight excluding hydrogens is 438 g/mol. The number of aliphatic hydroxyl groups is 1. The summed E-state index contributed by atoms with van der Waals surface area (Å²) in [6.45, 7) is 8.63. The van der Waals surface area contributed by atoms with Gasteiger partial charge in [0.15, 0.2) is 11.2 Å². The number of imidazole rings is 1. The van der Waals surface area contributed by atoms with Gasteiger partial charge in [-0.3, -0.25) is 13.9 Å². The minimum atomic E-state index is -0.903. The average Bonchev–Trinajstić information content (AvgIpc) is 3.19. The van der Waals surface area contributed by atoms with Gasteiger partial charge in [-0.1, -0.05) is 26.0 Å². The normalized spacial score (nSPS) is 15.3. The molecule has 3 heterocycles. The summed E-state index contributed by atoms with van der Waals surface area (Å²) in [4.78, 5) is 32.2. The first kappa shape index (κ1) is 24.0. The number of aryl methyl sites for hydroxylation is 2. The summed E-state index contributed by atoms with van der Waals surface area (Å²) in [5.41, 5.74) is 1.84. The lowest BCUT2D eigenvalue weighted by Crippen LogP contribution is -2.39. The molecule has 0 spiro atoms. The van der Waals surface area contributed by atoms with Crippen LogP contribution >= 0.6 is 0 Å². The third kappa shape index (κ3) is 4.47. The first-order valence-corrected chi connectivity index (χ1v) is 11.6. The number of fused-ring (bicyclic) bond motifs is 1. The van der Waals surface area contributed by atoms with Crippen LogP contribution in [0.5, 0.6) is 5.75 Å². The first-order valence-electron chi connectivity index (χ1n) is 11.6. The molecule has 4 rings (SSSR count). The van der Waals surface area contributed by atoms with Crippen molar-refractivity contribution in [3.05, 3.63) is 50.2 Å². The molecule has 0 bridgehead atoms. The topological polar surface area (TPSA) is 104 Å². The number of anilines is 1. The van der Waals surface area contributed by atoms with Crippen molar-refractivity contribution in [1.29, 1.82) is 0 Å². The molecule has 1 atom stereocenters. The van der Waals surface area contributed by atoms with Gasteiger partial charge in [-0.2, -0.15) is 4.98 Å². The number of nitrogens with zero attached hydrogens (tertiary/aromatic N) is 5. The third-order valence-corrected chi connectivity index (χ3v) is 6.24. The Morgan fingerprint density at radius 2 is 1.85 bits per heavy atom. The van der Waals surface area contributed by atoms with Crippen molar-refractivity contribution in [3.63, 3.8) is 0 Å². The predicted octanol–water partition coefficient (Wildman–Crippen LogP) is 1.14. The van der Waals surface area contributed by atoms with E-state index in [4.69, 9.17) is 9.47 Å². The van der Waals surface area contributed by atoms with Crippen LogP contribution in [0, 0.1) is 6.92 Å². The van der Waals surface area contributed by atoms with Crippen LogP contribution in [0.25, 0.3) is 11.2 Å². The first-order chi connectivity index (χ1) is 16.2. The van der Waals surface area contributed by atoms with E-state index in [1.54, 1.807) is 11.6 Å². The van der Waals surface area contributed by atoms with Crippen LogP contribution in [0.4, 0.5) is 5.95 Å². The van der Waals surface area contributed by atoms with E-state index in [9.17, 15) is 14.7 Å². The molecule has 0 radical (unpaired) electrons. The Labute approximate surface area is 198 Å². The van der Waals surface area contributed by atoms with E-state index in [-0.39, 0.29) is 24.6 Å². The minimum absolute atomic E-state index is 0.0531. The van der Waals surface area contributed by atoms with Crippen molar-refractivity contribution < 1.29 is 14.6 Å². The largest absolute Gasteiger partial charge is 0.491 e. The van der Waals surface area contributed by atoms with Crippen molar-refractivity contribution in [2.75, 3.05) is 37.8 Å². The highest BCUT2D eigenvalue weighted by atomic mass is 16.5. The molecule has 0 saturated carbocycles. The van der Waals surface area contributed by atoms with Gasteiger partial charge in [-0.05, 0) is 30.0 Å². The SMILES string of the molecule is Cc1ccc(C(C)C)c(OC[C@H](O)Cn2c(N3CCOCC3)nc3c2c(=O)n(C)c(=O)n3C)c1. The summed E-state index contributed by atoms with van der Waals surface area (Å²) in [6, 6.07) is 6.07. The number of aromatic nitrogens is 4. The van der Waals surface area contributed by atoms with E-state index >= 15 is 0 Å². The summed E-state index contributed by atoms with van der Waals surface area (Å²) in [5, 5.41) is 11.0. The van der Waals surface area contributed by atoms with E-state index in [1.807, 2.05) is 30.0 Å². The highest BCUT2D eigenvalue weighted by molar-refractivity contribution is 5.74. The second-order valence-electron chi connectivity index (χ2n) is 9.16. The average molecular weight is 472 g/mol. The molecule has 184 valence electrons. The summed E-state index contributed by atoms with van der Waals surface area (Å²) in [7, 11) is 3.04. The maximum Gasteiger partial charge on any atom is 0.332 e. The molecule has 1 saturated heterocycles. The van der Waals surface area contributed by atoms with Crippen molar-refractivity contribution in [1.82, 2.24) is 18.7 Å². The van der Waals surface area contributed by atoms with Crippen LogP contribution in [-0.4, -0.2) is 62.8 Å². The second-order valence-corrected chi connectivity index (χ2v) is 9.16. The molecule has 1 aromatic carbocycles. The molecule has 2 aromatic heterocycles. The zero-order chi connectivity index (χ0) is 24.6. The number of ether oxygens (including phenoxy) is 2. The van der Waals surface area contributed by atoms with E-state index in [0.717, 1.165) is 21.4 Å². The highest BCUT2D eigenvalue weighted by Gasteiger charge is 2.25. The van der Waals surface area contributed by atoms with Gasteiger partial charge in [-0.15, -0.1) is 0 Å². The highest BCUT2D eigenvalue weighted by Crippen LogP contribution is 2.28. The zero-order valence-corrected chi connectivity index (χ0v) is 20.4. The smallest absolute Gasteiger partial charge is 0.332 e. The molecular formula is C24H33N5O5. The molecule has 0 amide bonds. The molecule has 3 aromatic rings. The van der Waals surface area contributed by atoms with Gasteiger partial charge in [0.2, 0.25) is 5.95 Å². The molecule has 0 aliphatic carbocycles. The standard InChI is InChI=1S/C24H33N5O5/c1-15(2)18-7-6-16(3)12-19(18)34-14-17(30)13-29-20-21(26(4)24(32)27(5)22(20)31)25-23(29)28-8-10-33-11-9-28/h6-7,12,15,17,30H,8-11,13-14H2,1-5H3/t17-/m1/s1. The van der Waals surface area contributed by atoms with E-state index < -0.39 is 17.4 Å². The lowest BCUT2D eigenvalue weighted by atomic mass is 10.0. The van der Waals surface area contributed by atoms with Gasteiger partial charge in [-0.25, -0.2) is 4.79 Å². The van der Waals surface area contributed by atoms with Gasteiger partial charge in [0.1, 0.15) is 18.5 Å². The molecule has 10 heteroatoms. The van der Waals surface area contributed by atoms with Crippen LogP contribution in [0.3, 0.4) is 0 Å². The van der Waals surface area contributed by atoms with Crippen molar-refractivity contribution >= 4 is 17.1 Å². The fraction of sp³-hybridized carbons (Fsp3) is 0.542. The van der Waals surface area contributed by atoms with Gasteiger partial charge in [0.05, 0.1) is 19.8 Å². The summed E-state index contributed by atoms with van der Waals surface area (Å²) >= 11 is 0. The molecule has 0 unspecified atom stereocenters. The number of benzene rings is 1. The van der Waals surface area contributed by atoms with E-state index in [1.165, 1.54) is 11.6 Å². The Morgan fingerprint density at radius 3 is 2.53 bits per heavy atom. The quantitative estimate of drug-likeness (QED) is 0.551. The Balaban J connectivity index is 1.69. The van der Waals surface area contributed by atoms with Crippen molar-refractivity contribution in [3.8, 4) is 5.75 Å². The number of hydrogen-bond acceptors (Lipinski definition) is 7.